The summed E-state index contributed by atoms with van der Waals surface area (Å²) in [5.74, 6) is 0. The molecule has 1 fully saturated rings. The smallest absolute Gasteiger partial charge is 0.0558 e. The van der Waals surface area contributed by atoms with E-state index in [4.69, 9.17) is 5.11 Å². The Morgan fingerprint density at radius 2 is 1.82 bits per heavy atom. The van der Waals surface area contributed by atoms with Crippen molar-refractivity contribution in [2.24, 2.45) is 0 Å². The van der Waals surface area contributed by atoms with Crippen molar-refractivity contribution < 1.29 is 5.11 Å². The Balaban J connectivity index is 2.02. The second-order valence-corrected chi connectivity index (χ2v) is 4.84. The quantitative estimate of drug-likeness (QED) is 0.857. The van der Waals surface area contributed by atoms with Crippen molar-refractivity contribution in [1.82, 2.24) is 4.90 Å². The van der Waals surface area contributed by atoms with Crippen molar-refractivity contribution in [3.05, 3.63) is 29.3 Å². The van der Waals surface area contributed by atoms with E-state index in [0.717, 1.165) is 32.7 Å². The molecule has 0 spiro atoms. The highest BCUT2D eigenvalue weighted by Gasteiger charge is 2.17. The first-order chi connectivity index (χ1) is 8.20. The Labute approximate surface area is 104 Å². The molecule has 1 N–H and O–H groups in total. The van der Waals surface area contributed by atoms with E-state index in [-0.39, 0.29) is 6.61 Å². The van der Waals surface area contributed by atoms with Gasteiger partial charge in [-0.1, -0.05) is 12.1 Å². The van der Waals surface area contributed by atoms with Gasteiger partial charge in [-0.3, -0.25) is 4.90 Å². The van der Waals surface area contributed by atoms with E-state index in [2.05, 4.69) is 41.8 Å². The third-order valence-electron chi connectivity index (χ3n) is 3.49. The number of anilines is 1. The molecule has 1 aromatic carbocycles. The Hall–Kier alpha value is -1.06. The van der Waals surface area contributed by atoms with Crippen LogP contribution in [0.1, 0.15) is 11.1 Å². The molecular formula is C14H22N2O. The molecule has 0 unspecified atom stereocenters. The van der Waals surface area contributed by atoms with Gasteiger partial charge in [0.15, 0.2) is 0 Å². The predicted octanol–water partition coefficient (Wildman–Crippen LogP) is 1.42. The first-order valence-corrected chi connectivity index (χ1v) is 6.36. The number of nitrogens with zero attached hydrogens (tertiary/aromatic N) is 2. The van der Waals surface area contributed by atoms with Gasteiger partial charge in [0, 0.05) is 38.4 Å². The van der Waals surface area contributed by atoms with Crippen molar-refractivity contribution >= 4 is 5.69 Å². The zero-order valence-corrected chi connectivity index (χ0v) is 10.8. The standard InChI is InChI=1S/C14H22N2O/c1-12-3-4-13(2)14(11-12)16-7-5-15(6-8-16)9-10-17/h3-4,11,17H,5-10H2,1-2H3. The maximum atomic E-state index is 8.93. The average molecular weight is 234 g/mol. The third kappa shape index (κ3) is 2.99. The summed E-state index contributed by atoms with van der Waals surface area (Å²) >= 11 is 0. The summed E-state index contributed by atoms with van der Waals surface area (Å²) in [6, 6.07) is 6.64. The highest BCUT2D eigenvalue weighted by molar-refractivity contribution is 5.55. The lowest BCUT2D eigenvalue weighted by atomic mass is 10.1. The molecule has 0 atom stereocenters. The fourth-order valence-electron chi connectivity index (χ4n) is 2.41. The van der Waals surface area contributed by atoms with Gasteiger partial charge < -0.3 is 10.0 Å². The summed E-state index contributed by atoms with van der Waals surface area (Å²) in [7, 11) is 0. The molecule has 1 aliphatic heterocycles. The summed E-state index contributed by atoms with van der Waals surface area (Å²) < 4.78 is 0. The molecule has 3 heteroatoms. The van der Waals surface area contributed by atoms with Crippen LogP contribution >= 0.6 is 0 Å². The van der Waals surface area contributed by atoms with Crippen LogP contribution in [0.3, 0.4) is 0 Å². The van der Waals surface area contributed by atoms with Gasteiger partial charge in [-0.25, -0.2) is 0 Å². The molecule has 1 aliphatic rings. The van der Waals surface area contributed by atoms with Crippen LogP contribution < -0.4 is 4.90 Å². The minimum Gasteiger partial charge on any atom is -0.395 e. The molecule has 17 heavy (non-hydrogen) atoms. The lowest BCUT2D eigenvalue weighted by Gasteiger charge is -2.36. The Morgan fingerprint density at radius 1 is 1.12 bits per heavy atom. The normalized spacial score (nSPS) is 17.5. The highest BCUT2D eigenvalue weighted by atomic mass is 16.3. The molecule has 1 aromatic rings. The fourth-order valence-corrected chi connectivity index (χ4v) is 2.41. The monoisotopic (exact) mass is 234 g/mol. The maximum Gasteiger partial charge on any atom is 0.0558 e. The van der Waals surface area contributed by atoms with Gasteiger partial charge in [0.1, 0.15) is 0 Å². The van der Waals surface area contributed by atoms with Crippen molar-refractivity contribution in [2.75, 3.05) is 44.2 Å². The fraction of sp³-hybridized carbons (Fsp3) is 0.571. The molecule has 2 rings (SSSR count). The van der Waals surface area contributed by atoms with Crippen molar-refractivity contribution in [1.29, 1.82) is 0 Å². The minimum absolute atomic E-state index is 0.267. The summed E-state index contributed by atoms with van der Waals surface area (Å²) in [5.41, 5.74) is 4.04. The third-order valence-corrected chi connectivity index (χ3v) is 3.49. The van der Waals surface area contributed by atoms with Crippen LogP contribution in [0.25, 0.3) is 0 Å². The van der Waals surface area contributed by atoms with Crippen LogP contribution in [-0.2, 0) is 0 Å². The van der Waals surface area contributed by atoms with Gasteiger partial charge >= 0.3 is 0 Å². The van der Waals surface area contributed by atoms with E-state index in [1.54, 1.807) is 0 Å². The summed E-state index contributed by atoms with van der Waals surface area (Å²) in [6.07, 6.45) is 0. The second-order valence-electron chi connectivity index (χ2n) is 4.84. The summed E-state index contributed by atoms with van der Waals surface area (Å²) in [4.78, 5) is 4.78. The van der Waals surface area contributed by atoms with Gasteiger partial charge in [0.05, 0.1) is 6.61 Å². The number of benzene rings is 1. The molecule has 0 radical (unpaired) electrons. The largest absolute Gasteiger partial charge is 0.395 e. The van der Waals surface area contributed by atoms with Gasteiger partial charge in [0.25, 0.3) is 0 Å². The van der Waals surface area contributed by atoms with Crippen LogP contribution in [-0.4, -0.2) is 49.3 Å². The number of aliphatic hydroxyl groups excluding tert-OH is 1. The number of hydrogen-bond donors (Lipinski definition) is 1. The Morgan fingerprint density at radius 3 is 2.47 bits per heavy atom. The van der Waals surface area contributed by atoms with Crippen molar-refractivity contribution in [3.63, 3.8) is 0 Å². The number of aliphatic hydroxyl groups is 1. The Kier molecular flexibility index (Phi) is 4.02. The van der Waals surface area contributed by atoms with Gasteiger partial charge in [-0.2, -0.15) is 0 Å². The molecule has 0 amide bonds. The van der Waals surface area contributed by atoms with E-state index in [1.165, 1.54) is 16.8 Å². The topological polar surface area (TPSA) is 26.7 Å². The molecule has 0 saturated carbocycles. The molecule has 1 heterocycles. The van der Waals surface area contributed by atoms with Gasteiger partial charge in [-0.05, 0) is 31.0 Å². The SMILES string of the molecule is Cc1ccc(C)c(N2CCN(CCO)CC2)c1. The average Bonchev–Trinajstić information content (AvgIpc) is 2.34. The number of β-amino-alcohol motifs (C(OH)–C–C–N with tert-alkyl or cyclic N) is 1. The summed E-state index contributed by atoms with van der Waals surface area (Å²) in [5, 5.41) is 8.93. The molecule has 0 aromatic heterocycles. The maximum absolute atomic E-state index is 8.93. The predicted molar refractivity (Wildman–Crippen MR) is 71.7 cm³/mol. The number of piperazine rings is 1. The zero-order chi connectivity index (χ0) is 12.3. The zero-order valence-electron chi connectivity index (χ0n) is 10.8. The number of aryl methyl sites for hydroxylation is 2. The minimum atomic E-state index is 0.267. The lowest BCUT2D eigenvalue weighted by Crippen LogP contribution is -2.47. The van der Waals surface area contributed by atoms with Crippen LogP contribution in [0.2, 0.25) is 0 Å². The van der Waals surface area contributed by atoms with Crippen LogP contribution in [0.4, 0.5) is 5.69 Å². The molecule has 1 saturated heterocycles. The lowest BCUT2D eigenvalue weighted by molar-refractivity contribution is 0.188. The number of rotatable bonds is 3. The van der Waals surface area contributed by atoms with Crippen LogP contribution in [0.5, 0.6) is 0 Å². The second kappa shape index (κ2) is 5.52. The molecule has 3 nitrogen and oxygen atoms in total. The van der Waals surface area contributed by atoms with Crippen LogP contribution in [0.15, 0.2) is 18.2 Å². The van der Waals surface area contributed by atoms with E-state index in [0.29, 0.717) is 0 Å². The van der Waals surface area contributed by atoms with E-state index < -0.39 is 0 Å². The first-order valence-electron chi connectivity index (χ1n) is 6.36. The molecule has 0 aliphatic carbocycles. The molecule has 94 valence electrons. The van der Waals surface area contributed by atoms with Crippen molar-refractivity contribution in [3.8, 4) is 0 Å². The molecular weight excluding hydrogens is 212 g/mol. The molecule has 0 bridgehead atoms. The number of hydrogen-bond acceptors (Lipinski definition) is 3. The van der Waals surface area contributed by atoms with Gasteiger partial charge in [-0.15, -0.1) is 0 Å². The van der Waals surface area contributed by atoms with Crippen LogP contribution in [0, 0.1) is 13.8 Å². The van der Waals surface area contributed by atoms with E-state index >= 15 is 0 Å². The summed E-state index contributed by atoms with van der Waals surface area (Å²) in [6.45, 7) is 9.61. The van der Waals surface area contributed by atoms with Gasteiger partial charge in [0.2, 0.25) is 0 Å². The Bertz CT molecular complexity index is 370. The van der Waals surface area contributed by atoms with E-state index in [9.17, 15) is 0 Å². The first kappa shape index (κ1) is 12.4. The van der Waals surface area contributed by atoms with E-state index in [1.807, 2.05) is 0 Å². The highest BCUT2D eigenvalue weighted by Crippen LogP contribution is 2.22. The van der Waals surface area contributed by atoms with Crippen molar-refractivity contribution in [2.45, 2.75) is 13.8 Å².